The second-order valence-electron chi connectivity index (χ2n) is 7.06. The van der Waals surface area contributed by atoms with Crippen LogP contribution in [0.1, 0.15) is 22.6 Å². The fourth-order valence-corrected chi connectivity index (χ4v) is 3.34. The van der Waals surface area contributed by atoms with E-state index in [9.17, 15) is 4.79 Å². The van der Waals surface area contributed by atoms with Gasteiger partial charge in [0.1, 0.15) is 11.6 Å². The lowest BCUT2D eigenvalue weighted by Gasteiger charge is -2.13. The van der Waals surface area contributed by atoms with Crippen molar-refractivity contribution in [3.8, 4) is 5.75 Å². The minimum absolute atomic E-state index is 0.115. The van der Waals surface area contributed by atoms with Crippen LogP contribution in [-0.4, -0.2) is 55.2 Å². The molecule has 31 heavy (non-hydrogen) atoms. The van der Waals surface area contributed by atoms with E-state index < -0.39 is 0 Å². The van der Waals surface area contributed by atoms with Crippen LogP contribution in [0.2, 0.25) is 0 Å². The van der Waals surface area contributed by atoms with Crippen molar-refractivity contribution in [3.05, 3.63) is 59.9 Å². The van der Waals surface area contributed by atoms with E-state index in [-0.39, 0.29) is 5.91 Å². The molecule has 2 aromatic carbocycles. The molecule has 0 unspecified atom stereocenters. The molecule has 0 aliphatic carbocycles. The number of carbonyl (C=O) groups is 1. The first-order valence-electron chi connectivity index (χ1n) is 10.4. The molecule has 164 valence electrons. The highest BCUT2D eigenvalue weighted by molar-refractivity contribution is 5.94. The van der Waals surface area contributed by atoms with E-state index in [0.717, 1.165) is 42.1 Å². The number of nitrogens with zero attached hydrogens (tertiary/aromatic N) is 3. The average Bonchev–Trinajstić information content (AvgIpc) is 3.12. The van der Waals surface area contributed by atoms with Crippen molar-refractivity contribution >= 4 is 22.9 Å². The van der Waals surface area contributed by atoms with E-state index in [1.54, 1.807) is 38.4 Å². The molecule has 0 spiro atoms. The van der Waals surface area contributed by atoms with Crippen LogP contribution >= 0.6 is 0 Å². The van der Waals surface area contributed by atoms with Crippen LogP contribution in [0.25, 0.3) is 11.0 Å². The van der Waals surface area contributed by atoms with Gasteiger partial charge in [-0.15, -0.1) is 0 Å². The molecule has 0 fully saturated rings. The number of fused-ring (bicyclic) bond motifs is 1. The molecule has 0 saturated heterocycles. The zero-order valence-electron chi connectivity index (χ0n) is 18.3. The highest BCUT2D eigenvalue weighted by atomic mass is 16.5. The Bertz CT molecular complexity index is 1030. The Kier molecular flexibility index (Phi) is 7.86. The van der Waals surface area contributed by atoms with Crippen molar-refractivity contribution in [2.24, 2.45) is 4.99 Å². The number of aromatic nitrogens is 2. The number of benzene rings is 2. The van der Waals surface area contributed by atoms with Gasteiger partial charge in [0, 0.05) is 38.8 Å². The Morgan fingerprint density at radius 3 is 2.48 bits per heavy atom. The van der Waals surface area contributed by atoms with Gasteiger partial charge in [-0.25, -0.2) is 4.98 Å². The molecule has 1 aromatic heterocycles. The number of amides is 1. The molecule has 0 radical (unpaired) electrons. The highest BCUT2D eigenvalue weighted by Gasteiger charge is 2.07. The van der Waals surface area contributed by atoms with E-state index in [1.165, 1.54) is 0 Å². The van der Waals surface area contributed by atoms with Crippen molar-refractivity contribution in [2.45, 2.75) is 19.9 Å². The number of guanidine groups is 1. The van der Waals surface area contributed by atoms with Crippen LogP contribution in [0.3, 0.4) is 0 Å². The summed E-state index contributed by atoms with van der Waals surface area (Å²) in [5.41, 5.74) is 2.79. The number of hydrogen-bond donors (Lipinski definition) is 3. The predicted molar refractivity (Wildman–Crippen MR) is 124 cm³/mol. The Labute approximate surface area is 182 Å². The number of ether oxygens (including phenoxy) is 1. The summed E-state index contributed by atoms with van der Waals surface area (Å²) in [6.07, 6.45) is 0.941. The van der Waals surface area contributed by atoms with E-state index >= 15 is 0 Å². The van der Waals surface area contributed by atoms with Crippen LogP contribution in [0.15, 0.2) is 53.5 Å². The van der Waals surface area contributed by atoms with Crippen molar-refractivity contribution in [3.63, 3.8) is 0 Å². The van der Waals surface area contributed by atoms with E-state index in [4.69, 9.17) is 4.74 Å². The van der Waals surface area contributed by atoms with Crippen molar-refractivity contribution in [2.75, 3.05) is 33.8 Å². The molecular weight excluding hydrogens is 392 g/mol. The first kappa shape index (κ1) is 22.1. The molecule has 0 aliphatic heterocycles. The SMILES string of the molecule is CN=C(NCCCn1c(C)nc2ccccc21)NCCNC(=O)c1ccc(OC)cc1. The monoisotopic (exact) mass is 422 g/mol. The zero-order valence-corrected chi connectivity index (χ0v) is 18.3. The first-order chi connectivity index (χ1) is 15.1. The highest BCUT2D eigenvalue weighted by Crippen LogP contribution is 2.15. The molecule has 8 nitrogen and oxygen atoms in total. The summed E-state index contributed by atoms with van der Waals surface area (Å²) < 4.78 is 7.34. The van der Waals surface area contributed by atoms with Crippen LogP contribution in [0, 0.1) is 6.92 Å². The third kappa shape index (κ3) is 5.97. The summed E-state index contributed by atoms with van der Waals surface area (Å²) in [6, 6.07) is 15.2. The smallest absolute Gasteiger partial charge is 0.251 e. The molecule has 0 atom stereocenters. The van der Waals surface area contributed by atoms with Crippen molar-refractivity contribution < 1.29 is 9.53 Å². The fourth-order valence-electron chi connectivity index (χ4n) is 3.34. The normalized spacial score (nSPS) is 11.4. The maximum atomic E-state index is 12.2. The molecule has 1 heterocycles. The van der Waals surface area contributed by atoms with Gasteiger partial charge in [0.2, 0.25) is 0 Å². The first-order valence-corrected chi connectivity index (χ1v) is 10.4. The van der Waals surface area contributed by atoms with Crippen LogP contribution in [0.4, 0.5) is 0 Å². The summed E-state index contributed by atoms with van der Waals surface area (Å²) in [5, 5.41) is 9.41. The van der Waals surface area contributed by atoms with Crippen molar-refractivity contribution in [1.82, 2.24) is 25.5 Å². The lowest BCUT2D eigenvalue weighted by Crippen LogP contribution is -2.42. The van der Waals surface area contributed by atoms with E-state index in [1.807, 2.05) is 25.1 Å². The van der Waals surface area contributed by atoms with Gasteiger partial charge in [0.15, 0.2) is 5.96 Å². The summed E-state index contributed by atoms with van der Waals surface area (Å²) >= 11 is 0. The fraction of sp³-hybridized carbons (Fsp3) is 0.348. The molecule has 1 amide bonds. The number of hydrogen-bond acceptors (Lipinski definition) is 4. The number of methoxy groups -OCH3 is 1. The van der Waals surface area contributed by atoms with Gasteiger partial charge in [-0.2, -0.15) is 0 Å². The van der Waals surface area contributed by atoms with Gasteiger partial charge in [-0.1, -0.05) is 12.1 Å². The molecule has 3 aromatic rings. The van der Waals surface area contributed by atoms with Gasteiger partial charge in [0.05, 0.1) is 18.1 Å². The maximum absolute atomic E-state index is 12.2. The third-order valence-electron chi connectivity index (χ3n) is 4.98. The maximum Gasteiger partial charge on any atom is 0.251 e. The van der Waals surface area contributed by atoms with Gasteiger partial charge in [0.25, 0.3) is 5.91 Å². The standard InChI is InChI=1S/C23H30N6O2/c1-17-28-20-7-4-5-8-21(20)29(17)16-6-13-26-23(24-2)27-15-14-25-22(30)18-9-11-19(31-3)12-10-18/h4-5,7-12H,6,13-16H2,1-3H3,(H,25,30)(H2,24,26,27). The summed E-state index contributed by atoms with van der Waals surface area (Å²) in [4.78, 5) is 21.0. The summed E-state index contributed by atoms with van der Waals surface area (Å²) in [5.74, 6) is 2.35. The van der Waals surface area contributed by atoms with E-state index in [2.05, 4.69) is 36.6 Å². The molecule has 0 bridgehead atoms. The lowest BCUT2D eigenvalue weighted by atomic mass is 10.2. The van der Waals surface area contributed by atoms with Crippen molar-refractivity contribution in [1.29, 1.82) is 0 Å². The minimum Gasteiger partial charge on any atom is -0.497 e. The predicted octanol–water partition coefficient (Wildman–Crippen LogP) is 2.34. The number of rotatable bonds is 9. The van der Waals surface area contributed by atoms with Gasteiger partial charge < -0.3 is 25.3 Å². The largest absolute Gasteiger partial charge is 0.497 e. The Morgan fingerprint density at radius 1 is 1.03 bits per heavy atom. The number of aryl methyl sites for hydroxylation is 2. The van der Waals surface area contributed by atoms with Gasteiger partial charge in [-0.3, -0.25) is 9.79 Å². The molecule has 0 aliphatic rings. The topological polar surface area (TPSA) is 92.6 Å². The Morgan fingerprint density at radius 2 is 1.74 bits per heavy atom. The van der Waals surface area contributed by atoms with Crippen LogP contribution in [-0.2, 0) is 6.54 Å². The second kappa shape index (κ2) is 11.0. The Balaban J connectivity index is 1.36. The minimum atomic E-state index is -0.115. The molecule has 3 N–H and O–H groups in total. The van der Waals surface area contributed by atoms with Crippen LogP contribution in [0.5, 0.6) is 5.75 Å². The third-order valence-corrected chi connectivity index (χ3v) is 4.98. The van der Waals surface area contributed by atoms with Gasteiger partial charge in [-0.05, 0) is 49.7 Å². The number of imidazole rings is 1. The number of nitrogens with one attached hydrogen (secondary N) is 3. The number of aliphatic imine (C=N–C) groups is 1. The summed E-state index contributed by atoms with van der Waals surface area (Å²) in [7, 11) is 3.33. The number of carbonyl (C=O) groups excluding carboxylic acids is 1. The van der Waals surface area contributed by atoms with E-state index in [0.29, 0.717) is 24.6 Å². The second-order valence-corrected chi connectivity index (χ2v) is 7.06. The lowest BCUT2D eigenvalue weighted by molar-refractivity contribution is 0.0954. The van der Waals surface area contributed by atoms with Gasteiger partial charge >= 0.3 is 0 Å². The van der Waals surface area contributed by atoms with Crippen LogP contribution < -0.4 is 20.7 Å². The molecule has 3 rings (SSSR count). The quantitative estimate of drug-likeness (QED) is 0.280. The Hall–Kier alpha value is -3.55. The average molecular weight is 423 g/mol. The number of para-hydroxylation sites is 2. The zero-order chi connectivity index (χ0) is 22.1. The molecular formula is C23H30N6O2. The molecule has 0 saturated carbocycles. The summed E-state index contributed by atoms with van der Waals surface area (Å²) in [6.45, 7) is 4.77. The molecule has 8 heteroatoms.